The van der Waals surface area contributed by atoms with E-state index >= 15 is 0 Å². The Hall–Kier alpha value is -3.41. The maximum Gasteiger partial charge on any atom is 0.252 e. The van der Waals surface area contributed by atoms with E-state index in [0.717, 1.165) is 11.1 Å². The Labute approximate surface area is 157 Å². The van der Waals surface area contributed by atoms with Crippen LogP contribution in [0.25, 0.3) is 22.8 Å². The molecule has 0 aliphatic carbocycles. The number of benzene rings is 2. The summed E-state index contributed by atoms with van der Waals surface area (Å²) in [6.45, 7) is 4.28. The molecule has 1 aromatic heterocycles. The van der Waals surface area contributed by atoms with Gasteiger partial charge in [-0.05, 0) is 26.0 Å². The van der Waals surface area contributed by atoms with Gasteiger partial charge in [-0.25, -0.2) is 4.98 Å². The monoisotopic (exact) mass is 363 g/mol. The van der Waals surface area contributed by atoms with Gasteiger partial charge in [0.15, 0.2) is 5.76 Å². The number of likely N-dealkylation sites (N-methyl/N-ethyl adjacent to an activating group) is 1. The maximum absolute atomic E-state index is 12.5. The highest BCUT2D eigenvalue weighted by molar-refractivity contribution is 6.01. The van der Waals surface area contributed by atoms with Crippen LogP contribution < -0.4 is 10.6 Å². The molecule has 0 fully saturated rings. The van der Waals surface area contributed by atoms with E-state index in [1.807, 2.05) is 44.2 Å². The summed E-state index contributed by atoms with van der Waals surface area (Å²) in [4.78, 5) is 28.4. The zero-order valence-electron chi connectivity index (χ0n) is 15.3. The first kappa shape index (κ1) is 18.4. The lowest BCUT2D eigenvalue weighted by atomic mass is 10.1. The van der Waals surface area contributed by atoms with Crippen LogP contribution in [0.3, 0.4) is 0 Å². The molecule has 6 heteroatoms. The molecule has 0 atom stereocenters. The molecule has 3 rings (SSSR count). The number of aromatic nitrogens is 1. The molecule has 0 saturated heterocycles. The molecule has 27 heavy (non-hydrogen) atoms. The third kappa shape index (κ3) is 4.41. The van der Waals surface area contributed by atoms with Gasteiger partial charge in [-0.1, -0.05) is 42.0 Å². The van der Waals surface area contributed by atoms with Crippen molar-refractivity contribution < 1.29 is 14.0 Å². The van der Waals surface area contributed by atoms with Crippen LogP contribution in [0.1, 0.15) is 22.8 Å². The molecular weight excluding hydrogens is 342 g/mol. The minimum absolute atomic E-state index is 0.0821. The number of carbonyl (C=O) groups is 2. The molecule has 0 saturated carbocycles. The van der Waals surface area contributed by atoms with E-state index in [9.17, 15) is 9.59 Å². The summed E-state index contributed by atoms with van der Waals surface area (Å²) in [5.74, 6) is 0.393. The van der Waals surface area contributed by atoms with Gasteiger partial charge in [0, 0.05) is 17.7 Å². The van der Waals surface area contributed by atoms with Crippen molar-refractivity contribution in [2.24, 2.45) is 0 Å². The topological polar surface area (TPSA) is 84.2 Å². The van der Waals surface area contributed by atoms with Crippen LogP contribution in [0.15, 0.2) is 59.1 Å². The minimum Gasteiger partial charge on any atom is -0.436 e. The average molecular weight is 363 g/mol. The smallest absolute Gasteiger partial charge is 0.252 e. The quantitative estimate of drug-likeness (QED) is 0.704. The second-order valence-corrected chi connectivity index (χ2v) is 6.08. The van der Waals surface area contributed by atoms with Crippen molar-refractivity contribution in [1.29, 1.82) is 0 Å². The zero-order valence-corrected chi connectivity index (χ0v) is 15.3. The fourth-order valence-electron chi connectivity index (χ4n) is 2.63. The van der Waals surface area contributed by atoms with Gasteiger partial charge >= 0.3 is 0 Å². The molecule has 0 radical (unpaired) electrons. The van der Waals surface area contributed by atoms with Crippen molar-refractivity contribution in [3.8, 4) is 22.8 Å². The molecule has 2 aromatic carbocycles. The summed E-state index contributed by atoms with van der Waals surface area (Å²) in [5, 5.41) is 5.26. The van der Waals surface area contributed by atoms with Gasteiger partial charge in [0.05, 0.1) is 18.3 Å². The minimum atomic E-state index is -0.355. The van der Waals surface area contributed by atoms with Crippen LogP contribution in [0, 0.1) is 6.92 Å². The van der Waals surface area contributed by atoms with E-state index in [0.29, 0.717) is 29.3 Å². The molecular formula is C21H21N3O3. The normalized spacial score (nSPS) is 10.4. The van der Waals surface area contributed by atoms with Gasteiger partial charge in [0.2, 0.25) is 11.8 Å². The lowest BCUT2D eigenvalue weighted by Crippen LogP contribution is -2.36. The molecule has 138 valence electrons. The van der Waals surface area contributed by atoms with Crippen LogP contribution in [0.5, 0.6) is 0 Å². The largest absolute Gasteiger partial charge is 0.436 e. The Morgan fingerprint density at radius 1 is 1.04 bits per heavy atom. The van der Waals surface area contributed by atoms with Crippen LogP contribution in [0.4, 0.5) is 0 Å². The molecule has 3 aromatic rings. The predicted octanol–water partition coefficient (Wildman–Crippen LogP) is 3.18. The van der Waals surface area contributed by atoms with Gasteiger partial charge in [0.1, 0.15) is 0 Å². The van der Waals surface area contributed by atoms with E-state index in [1.165, 1.54) is 0 Å². The van der Waals surface area contributed by atoms with Gasteiger partial charge in [-0.3, -0.25) is 9.59 Å². The number of rotatable bonds is 6. The molecule has 0 aliphatic heterocycles. The molecule has 0 unspecified atom stereocenters. The molecule has 0 bridgehead atoms. The molecule has 0 spiro atoms. The number of nitrogens with zero attached hydrogens (tertiary/aromatic N) is 1. The lowest BCUT2D eigenvalue weighted by molar-refractivity contribution is -0.120. The molecule has 6 nitrogen and oxygen atoms in total. The van der Waals surface area contributed by atoms with Gasteiger partial charge in [-0.15, -0.1) is 0 Å². The van der Waals surface area contributed by atoms with Crippen LogP contribution in [0.2, 0.25) is 0 Å². The molecule has 2 amide bonds. The fraction of sp³-hybridized carbons (Fsp3) is 0.190. The van der Waals surface area contributed by atoms with E-state index in [1.54, 1.807) is 24.4 Å². The highest BCUT2D eigenvalue weighted by Gasteiger charge is 2.17. The summed E-state index contributed by atoms with van der Waals surface area (Å²) in [6, 6.07) is 14.9. The van der Waals surface area contributed by atoms with Crippen molar-refractivity contribution in [3.05, 3.63) is 65.9 Å². The van der Waals surface area contributed by atoms with E-state index in [4.69, 9.17) is 4.42 Å². The van der Waals surface area contributed by atoms with E-state index < -0.39 is 0 Å². The second kappa shape index (κ2) is 8.31. The number of amides is 2. The Bertz CT molecular complexity index is 945. The van der Waals surface area contributed by atoms with Crippen LogP contribution in [-0.2, 0) is 4.79 Å². The fourth-order valence-corrected chi connectivity index (χ4v) is 2.63. The number of aryl methyl sites for hydroxylation is 1. The SMILES string of the molecule is CCNC(=O)CNC(=O)c1ccccc1-c1ncc(-c2ccc(C)cc2)o1. The third-order valence-electron chi connectivity index (χ3n) is 4.03. The number of nitrogens with one attached hydrogen (secondary N) is 2. The first-order chi connectivity index (χ1) is 13.1. The molecule has 2 N–H and O–H groups in total. The zero-order chi connectivity index (χ0) is 19.2. The van der Waals surface area contributed by atoms with Gasteiger partial charge in [-0.2, -0.15) is 0 Å². The standard InChI is InChI=1S/C21H21N3O3/c1-3-22-19(25)13-23-20(26)16-6-4-5-7-17(16)21-24-12-18(27-21)15-10-8-14(2)9-11-15/h4-12H,3,13H2,1-2H3,(H,22,25)(H,23,26). The second-order valence-electron chi connectivity index (χ2n) is 6.08. The Balaban J connectivity index is 1.83. The van der Waals surface area contributed by atoms with Crippen LogP contribution >= 0.6 is 0 Å². The highest BCUT2D eigenvalue weighted by atomic mass is 16.4. The highest BCUT2D eigenvalue weighted by Crippen LogP contribution is 2.28. The number of hydrogen-bond acceptors (Lipinski definition) is 4. The Morgan fingerprint density at radius 3 is 2.52 bits per heavy atom. The number of oxazole rings is 1. The summed E-state index contributed by atoms with van der Waals surface area (Å²) in [6.07, 6.45) is 1.64. The first-order valence-corrected chi connectivity index (χ1v) is 8.75. The summed E-state index contributed by atoms with van der Waals surface area (Å²) >= 11 is 0. The number of carbonyl (C=O) groups excluding carboxylic acids is 2. The Kier molecular flexibility index (Phi) is 5.66. The predicted molar refractivity (Wildman–Crippen MR) is 103 cm³/mol. The molecule has 0 aliphatic rings. The van der Waals surface area contributed by atoms with E-state index in [2.05, 4.69) is 15.6 Å². The van der Waals surface area contributed by atoms with E-state index in [-0.39, 0.29) is 18.4 Å². The van der Waals surface area contributed by atoms with Crippen molar-refractivity contribution in [3.63, 3.8) is 0 Å². The third-order valence-corrected chi connectivity index (χ3v) is 4.03. The van der Waals surface area contributed by atoms with Gasteiger partial charge in [0.25, 0.3) is 5.91 Å². The Morgan fingerprint density at radius 2 is 1.78 bits per heavy atom. The average Bonchev–Trinajstić information content (AvgIpc) is 3.17. The summed E-state index contributed by atoms with van der Waals surface area (Å²) < 4.78 is 5.88. The lowest BCUT2D eigenvalue weighted by Gasteiger charge is -2.08. The summed E-state index contributed by atoms with van der Waals surface area (Å²) in [7, 11) is 0. The van der Waals surface area contributed by atoms with Crippen molar-refractivity contribution in [1.82, 2.24) is 15.6 Å². The maximum atomic E-state index is 12.5. The van der Waals surface area contributed by atoms with Crippen LogP contribution in [-0.4, -0.2) is 29.9 Å². The van der Waals surface area contributed by atoms with Crippen molar-refractivity contribution in [2.75, 3.05) is 13.1 Å². The summed E-state index contributed by atoms with van der Waals surface area (Å²) in [5.41, 5.74) is 3.05. The first-order valence-electron chi connectivity index (χ1n) is 8.75. The molecule has 1 heterocycles. The van der Waals surface area contributed by atoms with Gasteiger partial charge < -0.3 is 15.1 Å². The van der Waals surface area contributed by atoms with Crippen molar-refractivity contribution >= 4 is 11.8 Å². The number of hydrogen-bond donors (Lipinski definition) is 2. The van der Waals surface area contributed by atoms with Crippen molar-refractivity contribution in [2.45, 2.75) is 13.8 Å².